The lowest BCUT2D eigenvalue weighted by Gasteiger charge is -1.99. The first-order chi connectivity index (χ1) is 9.91. The molecule has 0 aliphatic heterocycles. The number of rotatable bonds is 4. The third-order valence-electron chi connectivity index (χ3n) is 4.15. The second-order valence-electron chi connectivity index (χ2n) is 5.93. The van der Waals surface area contributed by atoms with E-state index >= 15 is 0 Å². The second kappa shape index (κ2) is 4.84. The number of benzene rings is 1. The fraction of sp³-hybridized carbons (Fsp3) is 0.400. The van der Waals surface area contributed by atoms with Gasteiger partial charge in [-0.25, -0.2) is 0 Å². The molecule has 5 nitrogen and oxygen atoms in total. The molecule has 3 rings (SSSR count). The average molecular weight is 307 g/mol. The number of hydrogen-bond acceptors (Lipinski definition) is 4. The Morgan fingerprint density at radius 2 is 2.14 bits per heavy atom. The van der Waals surface area contributed by atoms with Crippen molar-refractivity contribution in [2.75, 3.05) is 0 Å². The maximum absolute atomic E-state index is 11.2. The van der Waals surface area contributed by atoms with Crippen LogP contribution in [0.2, 0.25) is 5.02 Å². The first kappa shape index (κ1) is 14.1. The van der Waals surface area contributed by atoms with Gasteiger partial charge in [0.1, 0.15) is 0 Å². The molecule has 1 heterocycles. The predicted molar refractivity (Wildman–Crippen MR) is 76.2 cm³/mol. The number of carboxylic acid groups (broad SMARTS) is 1. The summed E-state index contributed by atoms with van der Waals surface area (Å²) in [5.74, 6) is -0.594. The highest BCUT2D eigenvalue weighted by atomic mass is 35.5. The summed E-state index contributed by atoms with van der Waals surface area (Å²) in [5, 5.41) is 13.8. The van der Waals surface area contributed by atoms with Crippen LogP contribution < -0.4 is 0 Å². The number of hydrogen-bond donors (Lipinski definition) is 1. The van der Waals surface area contributed by atoms with E-state index in [2.05, 4.69) is 10.1 Å². The van der Waals surface area contributed by atoms with Gasteiger partial charge in [0, 0.05) is 11.4 Å². The predicted octanol–water partition coefficient (Wildman–Crippen LogP) is 3.14. The summed E-state index contributed by atoms with van der Waals surface area (Å²) in [6.07, 6.45) is 0.466. The van der Waals surface area contributed by atoms with E-state index in [0.29, 0.717) is 23.2 Å². The Morgan fingerprint density at radius 1 is 1.43 bits per heavy atom. The van der Waals surface area contributed by atoms with Gasteiger partial charge in [-0.1, -0.05) is 48.8 Å². The van der Waals surface area contributed by atoms with Crippen LogP contribution in [0.3, 0.4) is 0 Å². The Kier molecular flexibility index (Phi) is 3.24. The van der Waals surface area contributed by atoms with Gasteiger partial charge in [0.15, 0.2) is 5.82 Å². The zero-order chi connectivity index (χ0) is 15.2. The Hall–Kier alpha value is -1.88. The van der Waals surface area contributed by atoms with Gasteiger partial charge in [0.2, 0.25) is 5.89 Å². The largest absolute Gasteiger partial charge is 0.481 e. The van der Waals surface area contributed by atoms with E-state index in [1.165, 1.54) is 0 Å². The van der Waals surface area contributed by atoms with Crippen molar-refractivity contribution < 1.29 is 14.4 Å². The topological polar surface area (TPSA) is 76.2 Å². The van der Waals surface area contributed by atoms with Crippen molar-refractivity contribution in [3.8, 4) is 0 Å². The third kappa shape index (κ3) is 2.42. The standard InChI is InChI=1S/C15H15ClN2O3/c1-15(2)11(12(15)14(19)20)13-17-10(18-21-13)7-8-5-3-4-6-9(8)16/h3-6,11-12H,7H2,1-2H3,(H,19,20). The molecule has 2 atom stereocenters. The zero-order valence-electron chi connectivity index (χ0n) is 11.7. The minimum atomic E-state index is -0.823. The molecule has 0 amide bonds. The van der Waals surface area contributed by atoms with Crippen molar-refractivity contribution in [2.24, 2.45) is 11.3 Å². The van der Waals surface area contributed by atoms with Crippen molar-refractivity contribution in [1.29, 1.82) is 0 Å². The highest BCUT2D eigenvalue weighted by Crippen LogP contribution is 2.64. The van der Waals surface area contributed by atoms with Crippen molar-refractivity contribution in [1.82, 2.24) is 10.1 Å². The molecule has 1 N–H and O–H groups in total. The van der Waals surface area contributed by atoms with Crippen LogP contribution in [0.15, 0.2) is 28.8 Å². The van der Waals surface area contributed by atoms with Crippen LogP contribution in [0.5, 0.6) is 0 Å². The highest BCUT2D eigenvalue weighted by Gasteiger charge is 2.65. The van der Waals surface area contributed by atoms with Gasteiger partial charge in [0.25, 0.3) is 0 Å². The SMILES string of the molecule is CC1(C)C(C(=O)O)C1c1nc(Cc2ccccc2Cl)no1. The Balaban J connectivity index is 1.79. The molecule has 1 aromatic heterocycles. The molecule has 2 unspecified atom stereocenters. The maximum atomic E-state index is 11.2. The molecule has 0 bridgehead atoms. The molecule has 1 aliphatic rings. The Labute approximate surface area is 126 Å². The summed E-state index contributed by atoms with van der Waals surface area (Å²) in [4.78, 5) is 15.5. The average Bonchev–Trinajstić information content (AvgIpc) is 2.78. The van der Waals surface area contributed by atoms with E-state index < -0.39 is 11.9 Å². The highest BCUT2D eigenvalue weighted by molar-refractivity contribution is 6.31. The smallest absolute Gasteiger partial charge is 0.307 e. The number of carbonyl (C=O) groups is 1. The lowest BCUT2D eigenvalue weighted by molar-refractivity contribution is -0.139. The normalized spacial score (nSPS) is 23.0. The molecule has 1 saturated carbocycles. The van der Waals surface area contributed by atoms with Crippen molar-refractivity contribution >= 4 is 17.6 Å². The number of aliphatic carboxylic acids is 1. The number of halogens is 1. The second-order valence-corrected chi connectivity index (χ2v) is 6.34. The lowest BCUT2D eigenvalue weighted by atomic mass is 10.1. The van der Waals surface area contributed by atoms with Gasteiger partial charge >= 0.3 is 5.97 Å². The van der Waals surface area contributed by atoms with Gasteiger partial charge < -0.3 is 9.63 Å². The van der Waals surface area contributed by atoms with Crippen molar-refractivity contribution in [3.05, 3.63) is 46.6 Å². The molecule has 2 aromatic rings. The molecule has 0 spiro atoms. The first-order valence-electron chi connectivity index (χ1n) is 6.70. The van der Waals surface area contributed by atoms with Gasteiger partial charge in [-0.15, -0.1) is 0 Å². The van der Waals surface area contributed by atoms with Gasteiger partial charge in [-0.2, -0.15) is 4.98 Å². The van der Waals surface area contributed by atoms with Crippen LogP contribution >= 0.6 is 11.6 Å². The van der Waals surface area contributed by atoms with E-state index in [9.17, 15) is 9.90 Å². The van der Waals surface area contributed by atoms with E-state index in [4.69, 9.17) is 16.1 Å². The van der Waals surface area contributed by atoms with Crippen LogP contribution in [0.4, 0.5) is 0 Å². The monoisotopic (exact) mass is 306 g/mol. The first-order valence-corrected chi connectivity index (χ1v) is 7.07. The maximum Gasteiger partial charge on any atom is 0.307 e. The number of carboxylic acids is 1. The Morgan fingerprint density at radius 3 is 2.76 bits per heavy atom. The van der Waals surface area contributed by atoms with E-state index in [1.807, 2.05) is 38.1 Å². The quantitative estimate of drug-likeness (QED) is 0.939. The molecule has 6 heteroatoms. The summed E-state index contributed by atoms with van der Waals surface area (Å²) in [7, 11) is 0. The van der Waals surface area contributed by atoms with Crippen LogP contribution in [-0.2, 0) is 11.2 Å². The molecule has 1 aliphatic carbocycles. The number of nitrogens with zero attached hydrogens (tertiary/aromatic N) is 2. The van der Waals surface area contributed by atoms with Crippen LogP contribution in [0.1, 0.15) is 37.0 Å². The molecular weight excluding hydrogens is 292 g/mol. The molecule has 110 valence electrons. The minimum Gasteiger partial charge on any atom is -0.481 e. The summed E-state index contributed by atoms with van der Waals surface area (Å²) in [5.41, 5.74) is 0.566. The van der Waals surface area contributed by atoms with E-state index in [1.54, 1.807) is 0 Å². The summed E-state index contributed by atoms with van der Waals surface area (Å²) < 4.78 is 5.25. The third-order valence-corrected chi connectivity index (χ3v) is 4.52. The number of aromatic nitrogens is 2. The fourth-order valence-corrected chi connectivity index (χ4v) is 3.04. The van der Waals surface area contributed by atoms with Crippen molar-refractivity contribution in [3.63, 3.8) is 0 Å². The van der Waals surface area contributed by atoms with E-state index in [0.717, 1.165) is 5.56 Å². The lowest BCUT2D eigenvalue weighted by Crippen LogP contribution is -2.03. The molecule has 21 heavy (non-hydrogen) atoms. The molecule has 0 saturated heterocycles. The van der Waals surface area contributed by atoms with Crippen LogP contribution in [0.25, 0.3) is 0 Å². The van der Waals surface area contributed by atoms with E-state index in [-0.39, 0.29) is 11.3 Å². The van der Waals surface area contributed by atoms with Gasteiger partial charge in [-0.05, 0) is 17.0 Å². The van der Waals surface area contributed by atoms with Gasteiger partial charge in [0.05, 0.1) is 11.8 Å². The van der Waals surface area contributed by atoms with Crippen LogP contribution in [0, 0.1) is 11.3 Å². The molecule has 1 fully saturated rings. The van der Waals surface area contributed by atoms with Gasteiger partial charge in [-0.3, -0.25) is 4.79 Å². The fourth-order valence-electron chi connectivity index (χ4n) is 2.84. The molecule has 1 aromatic carbocycles. The summed E-state index contributed by atoms with van der Waals surface area (Å²) in [6, 6.07) is 7.46. The summed E-state index contributed by atoms with van der Waals surface area (Å²) in [6.45, 7) is 3.79. The molecular formula is C15H15ClN2O3. The van der Waals surface area contributed by atoms with Crippen molar-refractivity contribution in [2.45, 2.75) is 26.2 Å². The molecule has 0 radical (unpaired) electrons. The van der Waals surface area contributed by atoms with Crippen LogP contribution in [-0.4, -0.2) is 21.2 Å². The minimum absolute atomic E-state index is 0.220. The zero-order valence-corrected chi connectivity index (χ0v) is 12.5. The summed E-state index contributed by atoms with van der Waals surface area (Å²) >= 11 is 6.10. The Bertz CT molecular complexity index is 696.